The van der Waals surface area contributed by atoms with E-state index in [1.54, 1.807) is 29.7 Å². The van der Waals surface area contributed by atoms with Crippen molar-refractivity contribution in [3.8, 4) is 10.6 Å². The number of thiophene rings is 1. The first kappa shape index (κ1) is 15.4. The number of nitrogens with zero attached hydrogens (tertiary/aromatic N) is 2. The number of carbonyl (C=O) groups is 1. The number of hydrogen-bond acceptors (Lipinski definition) is 5. The Labute approximate surface area is 154 Å². The summed E-state index contributed by atoms with van der Waals surface area (Å²) in [5.74, 6) is 0.361. The highest BCUT2D eigenvalue weighted by molar-refractivity contribution is 9.11. The van der Waals surface area contributed by atoms with Crippen molar-refractivity contribution in [1.82, 2.24) is 9.97 Å². The van der Waals surface area contributed by atoms with E-state index in [0.29, 0.717) is 10.7 Å². The molecule has 1 amide bonds. The molecule has 3 heterocycles. The molecule has 24 heavy (non-hydrogen) atoms. The second-order valence-electron chi connectivity index (χ2n) is 4.98. The molecule has 0 aliphatic rings. The van der Waals surface area contributed by atoms with E-state index in [1.807, 2.05) is 30.3 Å². The lowest BCUT2D eigenvalue weighted by atomic mass is 10.3. The second-order valence-corrected chi connectivity index (χ2v) is 8.47. The van der Waals surface area contributed by atoms with Gasteiger partial charge in [-0.1, -0.05) is 12.1 Å². The Morgan fingerprint density at radius 2 is 1.92 bits per heavy atom. The molecular formula is C17H10BrN3OS2. The number of amides is 1. The van der Waals surface area contributed by atoms with Crippen molar-refractivity contribution in [1.29, 1.82) is 0 Å². The molecule has 4 nitrogen and oxygen atoms in total. The van der Waals surface area contributed by atoms with Crippen LogP contribution in [-0.4, -0.2) is 15.9 Å². The highest BCUT2D eigenvalue weighted by Gasteiger charge is 2.10. The molecule has 4 aromatic rings. The van der Waals surface area contributed by atoms with Gasteiger partial charge >= 0.3 is 0 Å². The Morgan fingerprint density at radius 3 is 2.62 bits per heavy atom. The second kappa shape index (κ2) is 6.43. The van der Waals surface area contributed by atoms with Crippen LogP contribution in [0.25, 0.3) is 20.8 Å². The molecule has 0 fully saturated rings. The van der Waals surface area contributed by atoms with Gasteiger partial charge in [0, 0.05) is 11.8 Å². The minimum absolute atomic E-state index is 0.161. The normalized spacial score (nSPS) is 10.9. The molecule has 0 bridgehead atoms. The van der Waals surface area contributed by atoms with Gasteiger partial charge in [0.1, 0.15) is 10.8 Å². The molecule has 0 atom stereocenters. The van der Waals surface area contributed by atoms with E-state index >= 15 is 0 Å². The molecule has 3 aromatic heterocycles. The van der Waals surface area contributed by atoms with E-state index < -0.39 is 0 Å². The van der Waals surface area contributed by atoms with E-state index in [1.165, 1.54) is 11.3 Å². The van der Waals surface area contributed by atoms with Crippen LogP contribution in [0.2, 0.25) is 0 Å². The third kappa shape index (κ3) is 3.10. The van der Waals surface area contributed by atoms with E-state index in [0.717, 1.165) is 24.6 Å². The molecule has 0 radical (unpaired) electrons. The van der Waals surface area contributed by atoms with Gasteiger partial charge in [-0.2, -0.15) is 0 Å². The first-order valence-corrected chi connectivity index (χ1v) is 9.50. The SMILES string of the molecule is O=C(Nc1ccc(-c2nc3ccccc3s2)cn1)c1ccc(Br)s1. The molecule has 1 aromatic carbocycles. The molecule has 0 saturated carbocycles. The lowest BCUT2D eigenvalue weighted by molar-refractivity contribution is 0.103. The minimum atomic E-state index is -0.161. The van der Waals surface area contributed by atoms with Gasteiger partial charge in [0.05, 0.1) is 18.9 Å². The summed E-state index contributed by atoms with van der Waals surface area (Å²) >= 11 is 6.37. The number of nitrogens with one attached hydrogen (secondary N) is 1. The average molecular weight is 416 g/mol. The van der Waals surface area contributed by atoms with E-state index in [-0.39, 0.29) is 5.91 Å². The Hall–Kier alpha value is -2.09. The van der Waals surface area contributed by atoms with Crippen molar-refractivity contribution < 1.29 is 4.79 Å². The molecule has 7 heteroatoms. The van der Waals surface area contributed by atoms with E-state index in [4.69, 9.17) is 0 Å². The third-order valence-corrected chi connectivity index (χ3v) is 6.05. The van der Waals surface area contributed by atoms with Gasteiger partial charge in [0.15, 0.2) is 0 Å². The maximum atomic E-state index is 12.1. The molecule has 0 unspecified atom stereocenters. The minimum Gasteiger partial charge on any atom is -0.306 e. The summed E-state index contributed by atoms with van der Waals surface area (Å²) in [6.07, 6.45) is 1.73. The van der Waals surface area contributed by atoms with Crippen LogP contribution in [0.3, 0.4) is 0 Å². The maximum absolute atomic E-state index is 12.1. The van der Waals surface area contributed by atoms with Gasteiger partial charge in [-0.15, -0.1) is 22.7 Å². The maximum Gasteiger partial charge on any atom is 0.266 e. The number of fused-ring (bicyclic) bond motifs is 1. The van der Waals surface area contributed by atoms with Gasteiger partial charge in [-0.05, 0) is 52.3 Å². The molecule has 0 spiro atoms. The van der Waals surface area contributed by atoms with Crippen LogP contribution in [0.5, 0.6) is 0 Å². The first-order valence-electron chi connectivity index (χ1n) is 7.08. The van der Waals surface area contributed by atoms with Gasteiger partial charge in [-0.3, -0.25) is 4.79 Å². The van der Waals surface area contributed by atoms with Crippen LogP contribution in [-0.2, 0) is 0 Å². The first-order chi connectivity index (χ1) is 11.7. The van der Waals surface area contributed by atoms with Crippen LogP contribution in [0.4, 0.5) is 5.82 Å². The van der Waals surface area contributed by atoms with Crippen LogP contribution in [0.15, 0.2) is 58.5 Å². The molecular weight excluding hydrogens is 406 g/mol. The standard InChI is InChI=1S/C17H10BrN3OS2/c18-14-7-6-13(23-14)16(22)21-15-8-5-10(9-19-15)17-20-11-3-1-2-4-12(11)24-17/h1-9H,(H,19,21,22). The van der Waals surface area contributed by atoms with Crippen molar-refractivity contribution in [2.75, 3.05) is 5.32 Å². The summed E-state index contributed by atoms with van der Waals surface area (Å²) in [5.41, 5.74) is 1.92. The summed E-state index contributed by atoms with van der Waals surface area (Å²) in [7, 11) is 0. The smallest absolute Gasteiger partial charge is 0.266 e. The summed E-state index contributed by atoms with van der Waals surface area (Å²) in [6.45, 7) is 0. The molecule has 0 saturated heterocycles. The lowest BCUT2D eigenvalue weighted by Gasteiger charge is -2.03. The number of aromatic nitrogens is 2. The van der Waals surface area contributed by atoms with Crippen LogP contribution >= 0.6 is 38.6 Å². The molecule has 118 valence electrons. The number of pyridine rings is 1. The zero-order valence-electron chi connectivity index (χ0n) is 12.2. The van der Waals surface area contributed by atoms with Gasteiger partial charge in [0.2, 0.25) is 0 Å². The average Bonchev–Trinajstić information content (AvgIpc) is 3.21. The summed E-state index contributed by atoms with van der Waals surface area (Å²) in [5, 5.41) is 3.72. The number of carbonyl (C=O) groups excluding carboxylic acids is 1. The zero-order valence-corrected chi connectivity index (χ0v) is 15.4. The molecule has 1 N–H and O–H groups in total. The monoisotopic (exact) mass is 415 g/mol. The Kier molecular flexibility index (Phi) is 4.13. The number of thiazole rings is 1. The number of para-hydroxylation sites is 1. The lowest BCUT2D eigenvalue weighted by Crippen LogP contribution is -2.11. The number of benzene rings is 1. The van der Waals surface area contributed by atoms with Gasteiger partial charge in [-0.25, -0.2) is 9.97 Å². The van der Waals surface area contributed by atoms with Crippen molar-refractivity contribution >= 4 is 60.5 Å². The number of rotatable bonds is 3. The zero-order chi connectivity index (χ0) is 16.5. The van der Waals surface area contributed by atoms with Crippen LogP contribution < -0.4 is 5.32 Å². The van der Waals surface area contributed by atoms with Crippen LogP contribution in [0.1, 0.15) is 9.67 Å². The fraction of sp³-hybridized carbons (Fsp3) is 0. The van der Waals surface area contributed by atoms with Crippen LogP contribution in [0, 0.1) is 0 Å². The predicted molar refractivity (Wildman–Crippen MR) is 103 cm³/mol. The largest absolute Gasteiger partial charge is 0.306 e. The van der Waals surface area contributed by atoms with Crippen molar-refractivity contribution in [3.05, 3.63) is 63.4 Å². The van der Waals surface area contributed by atoms with Crippen molar-refractivity contribution in [2.45, 2.75) is 0 Å². The molecule has 0 aliphatic carbocycles. The number of halogens is 1. The van der Waals surface area contributed by atoms with Gasteiger partial charge < -0.3 is 5.32 Å². The van der Waals surface area contributed by atoms with E-state index in [2.05, 4.69) is 37.3 Å². The summed E-state index contributed by atoms with van der Waals surface area (Å²) in [4.78, 5) is 21.7. The Bertz CT molecular complexity index is 991. The summed E-state index contributed by atoms with van der Waals surface area (Å²) in [6, 6.07) is 15.4. The number of hydrogen-bond donors (Lipinski definition) is 1. The van der Waals surface area contributed by atoms with Crippen molar-refractivity contribution in [3.63, 3.8) is 0 Å². The Morgan fingerprint density at radius 1 is 1.04 bits per heavy atom. The Balaban J connectivity index is 1.55. The fourth-order valence-corrected chi connectivity index (χ4v) is 4.44. The quantitative estimate of drug-likeness (QED) is 0.484. The summed E-state index contributed by atoms with van der Waals surface area (Å²) < 4.78 is 2.07. The van der Waals surface area contributed by atoms with E-state index in [9.17, 15) is 4.79 Å². The fourth-order valence-electron chi connectivity index (χ4n) is 2.20. The highest BCUT2D eigenvalue weighted by Crippen LogP contribution is 2.30. The molecule has 0 aliphatic heterocycles. The predicted octanol–water partition coefficient (Wildman–Crippen LogP) is 5.43. The number of anilines is 1. The third-order valence-electron chi connectivity index (χ3n) is 3.34. The van der Waals surface area contributed by atoms with Crippen molar-refractivity contribution in [2.24, 2.45) is 0 Å². The molecule has 4 rings (SSSR count). The van der Waals surface area contributed by atoms with Gasteiger partial charge in [0.25, 0.3) is 5.91 Å². The topological polar surface area (TPSA) is 54.9 Å². The highest BCUT2D eigenvalue weighted by atomic mass is 79.9.